The first-order chi connectivity index (χ1) is 14.5. The van der Waals surface area contributed by atoms with Gasteiger partial charge in [-0.05, 0) is 31.2 Å². The van der Waals surface area contributed by atoms with E-state index in [1.54, 1.807) is 31.3 Å². The fourth-order valence-electron chi connectivity index (χ4n) is 2.00. The van der Waals surface area contributed by atoms with Crippen LogP contribution >= 0.6 is 7.81 Å². The minimum atomic E-state index is -10.7. The topological polar surface area (TPSA) is 46.1 Å². The SMILES string of the molecule is CC(=O)N(C)[CH-]c1ccc(C)cc1.F[P-](F)(F)(F)(F)F.[Ni+2].c1ccc(-c2ccccn2)nc1. The van der Waals surface area contributed by atoms with Crippen molar-refractivity contribution < 1.29 is 46.5 Å². The summed E-state index contributed by atoms with van der Waals surface area (Å²) in [5, 5.41) is 0. The van der Waals surface area contributed by atoms with E-state index in [1.807, 2.05) is 74.1 Å². The van der Waals surface area contributed by atoms with Crippen LogP contribution in [0.3, 0.4) is 0 Å². The second-order valence-corrected chi connectivity index (χ2v) is 8.47. The van der Waals surface area contributed by atoms with Gasteiger partial charge in [-0.15, -0.1) is 12.1 Å². The average molecular weight is 536 g/mol. The third kappa shape index (κ3) is 17.6. The molecule has 0 saturated heterocycles. The van der Waals surface area contributed by atoms with Crippen molar-refractivity contribution in [3.05, 3.63) is 90.7 Å². The van der Waals surface area contributed by atoms with E-state index in [2.05, 4.69) is 9.97 Å². The van der Waals surface area contributed by atoms with E-state index in [1.165, 1.54) is 5.56 Å². The molecule has 0 radical (unpaired) electrons. The molecule has 12 heteroatoms. The molecule has 0 aliphatic heterocycles. The first-order valence-corrected chi connectivity index (χ1v) is 11.1. The largest absolute Gasteiger partial charge is 2.00 e. The molecule has 4 nitrogen and oxygen atoms in total. The number of hydrogen-bond donors (Lipinski definition) is 0. The van der Waals surface area contributed by atoms with E-state index in [9.17, 15) is 30.0 Å². The van der Waals surface area contributed by atoms with Gasteiger partial charge in [0.25, 0.3) is 0 Å². The van der Waals surface area contributed by atoms with E-state index < -0.39 is 7.81 Å². The number of amides is 1. The van der Waals surface area contributed by atoms with E-state index >= 15 is 0 Å². The number of nitrogens with zero attached hydrogens (tertiary/aromatic N) is 3. The third-order valence-electron chi connectivity index (χ3n) is 3.51. The standard InChI is InChI=1S/C11H14NO.C10H8N2.F6P.Ni/c1-9-4-6-11(7-5-9)8-12(3)10(2)13;1-3-7-11-9(5-1)10-6-2-4-8-12-10;1-7(2,3,4,5)6;/h4-8H,1-3H3;1-8H;;/q-1;;-1;+2. The zero-order valence-corrected chi connectivity index (χ0v) is 19.7. The molecular weight excluding hydrogens is 514 g/mol. The van der Waals surface area contributed by atoms with E-state index in [-0.39, 0.29) is 22.4 Å². The van der Waals surface area contributed by atoms with Crippen LogP contribution in [0.15, 0.2) is 73.1 Å². The maximum Gasteiger partial charge on any atom is 2.00 e. The van der Waals surface area contributed by atoms with Crippen LogP contribution < -0.4 is 0 Å². The Kier molecular flexibility index (Phi) is 10.6. The number of rotatable bonds is 3. The fourth-order valence-corrected chi connectivity index (χ4v) is 2.00. The number of halogens is 6. The van der Waals surface area contributed by atoms with Gasteiger partial charge in [0.15, 0.2) is 0 Å². The molecule has 0 saturated carbocycles. The van der Waals surface area contributed by atoms with Gasteiger partial charge < -0.3 is 4.90 Å². The molecule has 184 valence electrons. The number of aromatic nitrogens is 2. The van der Waals surface area contributed by atoms with Crippen molar-refractivity contribution in [2.24, 2.45) is 0 Å². The van der Waals surface area contributed by atoms with Crippen molar-refractivity contribution >= 4 is 13.7 Å². The quantitative estimate of drug-likeness (QED) is 0.151. The summed E-state index contributed by atoms with van der Waals surface area (Å²) in [5.74, 6) is 0.0422. The molecule has 0 atom stereocenters. The molecule has 0 unspecified atom stereocenters. The molecule has 1 aromatic carbocycles. The molecule has 1 amide bonds. The van der Waals surface area contributed by atoms with Crippen molar-refractivity contribution in [3.63, 3.8) is 0 Å². The molecule has 0 fully saturated rings. The molecule has 3 rings (SSSR count). The van der Waals surface area contributed by atoms with Crippen LogP contribution in [-0.2, 0) is 21.3 Å². The zero-order valence-electron chi connectivity index (χ0n) is 17.8. The number of carbonyl (C=O) groups is 1. The minimum Gasteiger partial charge on any atom is -0.255 e. The van der Waals surface area contributed by atoms with Gasteiger partial charge in [-0.1, -0.05) is 24.2 Å². The first-order valence-electron chi connectivity index (χ1n) is 9.05. The van der Waals surface area contributed by atoms with Gasteiger partial charge in [-0.3, -0.25) is 14.8 Å². The Hall–Kier alpha value is -2.64. The Morgan fingerprint density at radius 3 is 1.52 bits per heavy atom. The van der Waals surface area contributed by atoms with E-state index in [4.69, 9.17) is 0 Å². The molecule has 0 bridgehead atoms. The van der Waals surface area contributed by atoms with Gasteiger partial charge in [-0.2, -0.15) is 17.7 Å². The maximum absolute atomic E-state index is 10.9. The van der Waals surface area contributed by atoms with E-state index in [0.717, 1.165) is 17.0 Å². The monoisotopic (exact) mass is 535 g/mol. The molecule has 2 aromatic heterocycles. The second kappa shape index (κ2) is 11.5. The van der Waals surface area contributed by atoms with Crippen LogP contribution in [0.1, 0.15) is 18.1 Å². The van der Waals surface area contributed by atoms with Gasteiger partial charge in [-0.25, -0.2) is 0 Å². The summed E-state index contributed by atoms with van der Waals surface area (Å²) in [7, 11) is -8.91. The summed E-state index contributed by atoms with van der Waals surface area (Å²) in [5.41, 5.74) is 4.10. The van der Waals surface area contributed by atoms with Crippen LogP contribution in [0.25, 0.3) is 11.4 Å². The normalized spacial score (nSPS) is 12.2. The van der Waals surface area contributed by atoms with Gasteiger partial charge in [0.2, 0.25) is 5.91 Å². The average Bonchev–Trinajstić information content (AvgIpc) is 2.69. The Labute approximate surface area is 198 Å². The molecule has 0 aliphatic rings. The van der Waals surface area contributed by atoms with Crippen LogP contribution in [0.4, 0.5) is 25.2 Å². The predicted molar refractivity (Wildman–Crippen MR) is 114 cm³/mol. The summed E-state index contributed by atoms with van der Waals surface area (Å²) in [6, 6.07) is 19.6. The summed E-state index contributed by atoms with van der Waals surface area (Å²) < 4.78 is 59.2. The molecule has 3 aromatic rings. The Balaban J connectivity index is 0.000000480. The Morgan fingerprint density at radius 1 is 0.818 bits per heavy atom. The van der Waals surface area contributed by atoms with Gasteiger partial charge >= 0.3 is 49.5 Å². The van der Waals surface area contributed by atoms with Crippen molar-refractivity contribution in [2.45, 2.75) is 13.8 Å². The van der Waals surface area contributed by atoms with Crippen LogP contribution in [0, 0.1) is 13.5 Å². The minimum absolute atomic E-state index is 0. The molecule has 33 heavy (non-hydrogen) atoms. The van der Waals surface area contributed by atoms with Crippen LogP contribution in [-0.4, -0.2) is 27.8 Å². The number of carbonyl (C=O) groups excluding carboxylic acids is 1. The smallest absolute Gasteiger partial charge is 0.255 e. The molecule has 0 aliphatic carbocycles. The van der Waals surface area contributed by atoms with Crippen molar-refractivity contribution in [3.8, 4) is 11.4 Å². The molecular formula is C21H22F6N3NiOP. The summed E-state index contributed by atoms with van der Waals surface area (Å²) in [6.45, 7) is 5.41. The van der Waals surface area contributed by atoms with Gasteiger partial charge in [0.05, 0.1) is 11.4 Å². The van der Waals surface area contributed by atoms with Crippen molar-refractivity contribution in [1.82, 2.24) is 14.9 Å². The van der Waals surface area contributed by atoms with Crippen LogP contribution in [0.5, 0.6) is 0 Å². The predicted octanol–water partition coefficient (Wildman–Crippen LogP) is 7.51. The Bertz CT molecular complexity index is 941. The van der Waals surface area contributed by atoms with Gasteiger partial charge in [0.1, 0.15) is 0 Å². The number of hydrogen-bond acceptors (Lipinski definition) is 3. The molecule has 0 N–H and O–H groups in total. The molecule has 2 heterocycles. The number of benzene rings is 1. The first kappa shape index (κ1) is 30.4. The Morgan fingerprint density at radius 2 is 1.21 bits per heavy atom. The number of aryl methyl sites for hydroxylation is 1. The fraction of sp³-hybridized carbons (Fsp3) is 0.143. The third-order valence-corrected chi connectivity index (χ3v) is 3.51. The second-order valence-electron chi connectivity index (χ2n) is 6.56. The zero-order chi connectivity index (χ0) is 24.5. The van der Waals surface area contributed by atoms with E-state index in [0.29, 0.717) is 0 Å². The van der Waals surface area contributed by atoms with Crippen molar-refractivity contribution in [1.29, 1.82) is 0 Å². The summed E-state index contributed by atoms with van der Waals surface area (Å²) >= 11 is 0. The summed E-state index contributed by atoms with van der Waals surface area (Å²) in [4.78, 5) is 20.9. The van der Waals surface area contributed by atoms with Crippen molar-refractivity contribution in [2.75, 3.05) is 7.05 Å². The van der Waals surface area contributed by atoms with Gasteiger partial charge in [0, 0.05) is 26.4 Å². The molecule has 0 spiro atoms. The van der Waals surface area contributed by atoms with Crippen LogP contribution in [0.2, 0.25) is 0 Å². The number of pyridine rings is 2. The maximum atomic E-state index is 10.9. The summed E-state index contributed by atoms with van der Waals surface area (Å²) in [6.07, 6.45) is 3.54.